The molecule has 1 saturated carbocycles. The van der Waals surface area contributed by atoms with E-state index in [-0.39, 0.29) is 17.9 Å². The Hall–Kier alpha value is -2.96. The summed E-state index contributed by atoms with van der Waals surface area (Å²) in [5.74, 6) is 0.588. The number of aromatic nitrogens is 3. The van der Waals surface area contributed by atoms with E-state index in [0.717, 1.165) is 46.4 Å². The fourth-order valence-electron chi connectivity index (χ4n) is 3.75. The zero-order valence-electron chi connectivity index (χ0n) is 19.3. The summed E-state index contributed by atoms with van der Waals surface area (Å²) in [6, 6.07) is 2.10. The molecule has 2 N–H and O–H groups in total. The fraction of sp³-hybridized carbons (Fsp3) is 0.500. The van der Waals surface area contributed by atoms with Crippen LogP contribution in [0.15, 0.2) is 35.2 Å². The van der Waals surface area contributed by atoms with Crippen molar-refractivity contribution in [2.24, 2.45) is 5.92 Å². The van der Waals surface area contributed by atoms with Crippen molar-refractivity contribution in [3.05, 3.63) is 46.4 Å². The van der Waals surface area contributed by atoms with E-state index in [1.807, 2.05) is 30.7 Å². The molecular formula is C24H33N5O2. The number of carbonyl (C=O) groups excluding carboxylic acids is 2. The Labute approximate surface area is 184 Å². The first-order valence-corrected chi connectivity index (χ1v) is 11.0. The van der Waals surface area contributed by atoms with Gasteiger partial charge in [-0.05, 0) is 64.2 Å². The summed E-state index contributed by atoms with van der Waals surface area (Å²) in [7, 11) is 0. The van der Waals surface area contributed by atoms with Gasteiger partial charge in [0, 0.05) is 29.9 Å². The maximum atomic E-state index is 13.2. The fourth-order valence-corrected chi connectivity index (χ4v) is 3.75. The molecule has 0 aromatic carbocycles. The Morgan fingerprint density at radius 3 is 2.55 bits per heavy atom. The monoisotopic (exact) mass is 423 g/mol. The van der Waals surface area contributed by atoms with Crippen LogP contribution < -0.4 is 10.6 Å². The lowest BCUT2D eigenvalue weighted by Crippen LogP contribution is -2.26. The third-order valence-electron chi connectivity index (χ3n) is 5.60. The number of nitrogens with zero attached hydrogens (tertiary/aromatic N) is 3. The highest BCUT2D eigenvalue weighted by Gasteiger charge is 2.28. The van der Waals surface area contributed by atoms with Gasteiger partial charge in [0.2, 0.25) is 6.41 Å². The first-order valence-electron chi connectivity index (χ1n) is 11.0. The molecule has 0 unspecified atom stereocenters. The molecule has 1 aliphatic carbocycles. The summed E-state index contributed by atoms with van der Waals surface area (Å²) in [6.45, 7) is 12.6. The third-order valence-corrected chi connectivity index (χ3v) is 5.60. The molecule has 31 heavy (non-hydrogen) atoms. The number of amides is 2. The number of carbonyl (C=O) groups is 2. The Morgan fingerprint density at radius 2 is 1.97 bits per heavy atom. The van der Waals surface area contributed by atoms with Crippen LogP contribution in [0, 0.1) is 5.92 Å². The number of rotatable bonds is 9. The molecule has 3 rings (SSSR count). The largest absolute Gasteiger partial charge is 0.348 e. The number of fused-ring (bicyclic) bond motifs is 1. The molecular weight excluding hydrogens is 390 g/mol. The molecule has 2 amide bonds. The van der Waals surface area contributed by atoms with Crippen molar-refractivity contribution in [2.75, 3.05) is 6.54 Å². The van der Waals surface area contributed by atoms with Crippen LogP contribution in [0.5, 0.6) is 0 Å². The van der Waals surface area contributed by atoms with Gasteiger partial charge >= 0.3 is 0 Å². The molecule has 0 spiro atoms. The summed E-state index contributed by atoms with van der Waals surface area (Å²) < 4.78 is 1.88. The summed E-state index contributed by atoms with van der Waals surface area (Å²) in [6.07, 6.45) is 6.62. The van der Waals surface area contributed by atoms with Gasteiger partial charge in [0.05, 0.1) is 17.1 Å². The second kappa shape index (κ2) is 9.45. The summed E-state index contributed by atoms with van der Waals surface area (Å²) >= 11 is 0. The van der Waals surface area contributed by atoms with Gasteiger partial charge in [-0.15, -0.1) is 0 Å². The first kappa shape index (κ1) is 22.7. The Balaban J connectivity index is 1.89. The molecule has 2 heterocycles. The Morgan fingerprint density at radius 1 is 1.26 bits per heavy atom. The average Bonchev–Trinajstić information content (AvgIpc) is 3.47. The van der Waals surface area contributed by atoms with E-state index in [1.54, 1.807) is 6.20 Å². The lowest BCUT2D eigenvalue weighted by atomic mass is 9.96. The quantitative estimate of drug-likeness (QED) is 0.466. The van der Waals surface area contributed by atoms with E-state index >= 15 is 0 Å². The van der Waals surface area contributed by atoms with E-state index < -0.39 is 0 Å². The number of pyridine rings is 1. The van der Waals surface area contributed by atoms with Crippen LogP contribution in [0.1, 0.15) is 82.4 Å². The van der Waals surface area contributed by atoms with E-state index in [0.29, 0.717) is 24.4 Å². The molecule has 0 atom stereocenters. The summed E-state index contributed by atoms with van der Waals surface area (Å²) in [5.41, 5.74) is 5.31. The van der Waals surface area contributed by atoms with Crippen molar-refractivity contribution >= 4 is 23.4 Å². The van der Waals surface area contributed by atoms with Crippen LogP contribution in [0.2, 0.25) is 0 Å². The zero-order valence-corrected chi connectivity index (χ0v) is 19.3. The molecule has 7 nitrogen and oxygen atoms in total. The summed E-state index contributed by atoms with van der Waals surface area (Å²) in [4.78, 5) is 28.7. The van der Waals surface area contributed by atoms with Crippen molar-refractivity contribution < 1.29 is 9.59 Å². The molecule has 1 aliphatic rings. The lowest BCUT2D eigenvalue weighted by molar-refractivity contribution is -0.108. The minimum Gasteiger partial charge on any atom is -0.348 e. The van der Waals surface area contributed by atoms with Crippen molar-refractivity contribution in [3.8, 4) is 0 Å². The van der Waals surface area contributed by atoms with Gasteiger partial charge in [0.25, 0.3) is 5.91 Å². The van der Waals surface area contributed by atoms with Gasteiger partial charge < -0.3 is 10.6 Å². The Bertz CT molecular complexity index is 1040. The maximum absolute atomic E-state index is 13.2. The number of nitrogens with one attached hydrogen (secondary N) is 2. The maximum Gasteiger partial charge on any atom is 0.252 e. The molecule has 0 aliphatic heterocycles. The topological polar surface area (TPSA) is 88.9 Å². The van der Waals surface area contributed by atoms with E-state index in [1.165, 1.54) is 0 Å². The normalized spacial score (nSPS) is 15.4. The van der Waals surface area contributed by atoms with Gasteiger partial charge in [-0.2, -0.15) is 5.10 Å². The second-order valence-corrected chi connectivity index (χ2v) is 8.95. The molecule has 2 aromatic rings. The van der Waals surface area contributed by atoms with Gasteiger partial charge in [0.15, 0.2) is 5.65 Å². The van der Waals surface area contributed by atoms with Crippen molar-refractivity contribution in [1.82, 2.24) is 25.4 Å². The number of allylic oxidation sites excluding steroid dienone is 3. The van der Waals surface area contributed by atoms with E-state index in [2.05, 4.69) is 43.4 Å². The number of hydrogen-bond donors (Lipinski definition) is 2. The molecule has 0 radical (unpaired) electrons. The van der Waals surface area contributed by atoms with Crippen LogP contribution in [-0.2, 0) is 4.79 Å². The van der Waals surface area contributed by atoms with E-state index in [4.69, 9.17) is 4.98 Å². The Kier molecular flexibility index (Phi) is 6.93. The van der Waals surface area contributed by atoms with Crippen LogP contribution in [-0.4, -0.2) is 33.6 Å². The van der Waals surface area contributed by atoms with Crippen molar-refractivity contribution in [2.45, 2.75) is 66.3 Å². The van der Waals surface area contributed by atoms with Gasteiger partial charge in [-0.25, -0.2) is 9.67 Å². The minimum atomic E-state index is -0.119. The highest BCUT2D eigenvalue weighted by molar-refractivity contribution is 6.05. The molecule has 0 saturated heterocycles. The zero-order chi connectivity index (χ0) is 22.7. The highest BCUT2D eigenvalue weighted by Crippen LogP contribution is 2.40. The first-order chi connectivity index (χ1) is 14.7. The minimum absolute atomic E-state index is 0.119. The number of hydrogen-bond acceptors (Lipinski definition) is 4. The predicted octanol–water partition coefficient (Wildman–Crippen LogP) is 4.24. The van der Waals surface area contributed by atoms with Gasteiger partial charge in [-0.1, -0.05) is 19.4 Å². The molecule has 2 aromatic heterocycles. The lowest BCUT2D eigenvalue weighted by Gasteiger charge is -2.15. The molecule has 7 heteroatoms. The molecule has 0 bridgehead atoms. The highest BCUT2D eigenvalue weighted by atomic mass is 16.1. The van der Waals surface area contributed by atoms with Gasteiger partial charge in [0.1, 0.15) is 0 Å². The third kappa shape index (κ3) is 5.21. The SMILES string of the molecule is C/C(=C/C(=C(\C)CNC(=O)c1cc(C2CC2)nc2c1cnn2C(C)C)C(C)C)NC=O. The molecule has 166 valence electrons. The molecule has 1 fully saturated rings. The van der Waals surface area contributed by atoms with Crippen molar-refractivity contribution in [3.63, 3.8) is 0 Å². The predicted molar refractivity (Wildman–Crippen MR) is 123 cm³/mol. The smallest absolute Gasteiger partial charge is 0.252 e. The van der Waals surface area contributed by atoms with Crippen LogP contribution in [0.4, 0.5) is 0 Å². The summed E-state index contributed by atoms with van der Waals surface area (Å²) in [5, 5.41) is 11.0. The van der Waals surface area contributed by atoms with Crippen molar-refractivity contribution in [1.29, 1.82) is 0 Å². The second-order valence-electron chi connectivity index (χ2n) is 8.95. The van der Waals surface area contributed by atoms with Crippen LogP contribution in [0.3, 0.4) is 0 Å². The van der Waals surface area contributed by atoms with Crippen LogP contribution >= 0.6 is 0 Å². The van der Waals surface area contributed by atoms with Crippen LogP contribution in [0.25, 0.3) is 11.0 Å². The van der Waals surface area contributed by atoms with Gasteiger partial charge in [-0.3, -0.25) is 9.59 Å². The average molecular weight is 424 g/mol. The standard InChI is InChI=1S/C24H33N5O2/c1-14(2)19(9-17(6)26-13-30)16(5)11-25-24(31)20-10-22(18-7-8-18)28-23-21(20)12-27-29(23)15(3)4/h9-10,12-15,18H,7-8,11H2,1-6H3,(H,25,31)(H,26,30)/b17-9-,19-16-. The van der Waals surface area contributed by atoms with E-state index in [9.17, 15) is 9.59 Å².